The molecule has 3 fully saturated rings. The normalized spacial score (nSPS) is 26.2. The van der Waals surface area contributed by atoms with Gasteiger partial charge in [-0.15, -0.1) is 0 Å². The fraction of sp³-hybridized carbons (Fsp3) is 0.783. The number of nitriles is 1. The Labute approximate surface area is 209 Å². The van der Waals surface area contributed by atoms with Crippen LogP contribution in [0.5, 0.6) is 0 Å². The van der Waals surface area contributed by atoms with E-state index in [2.05, 4.69) is 42.0 Å². The Kier molecular flexibility index (Phi) is 8.79. The maximum Gasteiger partial charge on any atom is 0.441 e. The molecule has 3 rings (SSSR count). The van der Waals surface area contributed by atoms with Gasteiger partial charge in [0.25, 0.3) is 0 Å². The first kappa shape index (κ1) is 28.8. The van der Waals surface area contributed by atoms with Gasteiger partial charge in [-0.2, -0.15) is 18.4 Å². The number of thiocarbonyl (C=S) groups is 1. The molecule has 3 amide bonds. The monoisotopic (exact) mass is 517 g/mol. The quantitative estimate of drug-likeness (QED) is 0.368. The van der Waals surface area contributed by atoms with Crippen molar-refractivity contribution >= 4 is 35.4 Å². The zero-order valence-electron chi connectivity index (χ0n) is 20.7. The summed E-state index contributed by atoms with van der Waals surface area (Å²) in [4.78, 5) is 34.3. The lowest BCUT2D eigenvalue weighted by Crippen LogP contribution is -2.56. The van der Waals surface area contributed by atoms with Gasteiger partial charge < -0.3 is 20.9 Å². The number of amides is 3. The SMILES string of the molecule is CC(C)(C)C(NC(=S)C(F)(F)F)C(=O)N1CC2C(C1)C2(C)C.N#CC(CC1CCNC1=O)NC=O. The molecule has 0 radical (unpaired) electrons. The minimum Gasteiger partial charge on any atom is -0.360 e. The number of alkyl halides is 3. The van der Waals surface area contributed by atoms with Crippen molar-refractivity contribution in [2.75, 3.05) is 19.6 Å². The average molecular weight is 518 g/mol. The van der Waals surface area contributed by atoms with Crippen LogP contribution in [0.25, 0.3) is 0 Å². The van der Waals surface area contributed by atoms with Gasteiger partial charge in [0, 0.05) is 25.6 Å². The fourth-order valence-electron chi connectivity index (χ4n) is 4.75. The second-order valence-electron chi connectivity index (χ2n) is 11.0. The van der Waals surface area contributed by atoms with Crippen LogP contribution in [0.15, 0.2) is 0 Å². The predicted molar refractivity (Wildman–Crippen MR) is 127 cm³/mol. The summed E-state index contributed by atoms with van der Waals surface area (Å²) in [5, 5.41) is 15.9. The number of piperidine rings is 1. The van der Waals surface area contributed by atoms with E-state index in [-0.39, 0.29) is 23.1 Å². The highest BCUT2D eigenvalue weighted by atomic mass is 32.1. The summed E-state index contributed by atoms with van der Waals surface area (Å²) < 4.78 is 38.0. The second-order valence-corrected chi connectivity index (χ2v) is 11.4. The van der Waals surface area contributed by atoms with Crippen LogP contribution < -0.4 is 16.0 Å². The molecular weight excluding hydrogens is 483 g/mol. The van der Waals surface area contributed by atoms with Crippen LogP contribution in [0.3, 0.4) is 0 Å². The molecule has 1 saturated carbocycles. The van der Waals surface area contributed by atoms with E-state index in [0.717, 1.165) is 6.42 Å². The van der Waals surface area contributed by atoms with Crippen LogP contribution in [0, 0.1) is 39.9 Å². The summed E-state index contributed by atoms with van der Waals surface area (Å²) in [5.74, 6) is 0.491. The molecule has 0 spiro atoms. The average Bonchev–Trinajstić information content (AvgIpc) is 3.15. The highest BCUT2D eigenvalue weighted by Crippen LogP contribution is 2.62. The number of carbonyl (C=O) groups is 3. The molecule has 1 aliphatic carbocycles. The summed E-state index contributed by atoms with van der Waals surface area (Å²) in [7, 11) is 0. The third kappa shape index (κ3) is 7.06. The maximum atomic E-state index is 12.7. The van der Waals surface area contributed by atoms with E-state index in [9.17, 15) is 27.6 Å². The van der Waals surface area contributed by atoms with Crippen molar-refractivity contribution in [1.29, 1.82) is 5.26 Å². The Balaban J connectivity index is 0.000000283. The largest absolute Gasteiger partial charge is 0.441 e. The Morgan fingerprint density at radius 2 is 1.89 bits per heavy atom. The molecule has 0 bridgehead atoms. The molecule has 0 aromatic carbocycles. The number of fused-ring (bicyclic) bond motifs is 1. The number of rotatable bonds is 6. The molecule has 0 aromatic rings. The van der Waals surface area contributed by atoms with Crippen LogP contribution >= 0.6 is 12.2 Å². The molecule has 8 nitrogen and oxygen atoms in total. The molecule has 35 heavy (non-hydrogen) atoms. The Bertz CT molecular complexity index is 867. The van der Waals surface area contributed by atoms with Crippen molar-refractivity contribution in [3.63, 3.8) is 0 Å². The first-order chi connectivity index (χ1) is 16.0. The molecule has 2 saturated heterocycles. The van der Waals surface area contributed by atoms with E-state index in [1.165, 1.54) is 0 Å². The lowest BCUT2D eigenvalue weighted by Gasteiger charge is -2.35. The molecule has 12 heteroatoms. The topological polar surface area (TPSA) is 114 Å². The predicted octanol–water partition coefficient (Wildman–Crippen LogP) is 2.15. The van der Waals surface area contributed by atoms with Crippen molar-refractivity contribution in [1.82, 2.24) is 20.9 Å². The van der Waals surface area contributed by atoms with Crippen molar-refractivity contribution < 1.29 is 27.6 Å². The van der Waals surface area contributed by atoms with Gasteiger partial charge in [0.1, 0.15) is 12.1 Å². The summed E-state index contributed by atoms with van der Waals surface area (Å²) in [6.45, 7) is 11.5. The van der Waals surface area contributed by atoms with Gasteiger partial charge in [-0.1, -0.05) is 46.8 Å². The third-order valence-electron chi connectivity index (χ3n) is 7.19. The molecule has 0 aromatic heterocycles. The number of nitrogens with one attached hydrogen (secondary N) is 3. The molecule has 196 valence electrons. The zero-order valence-corrected chi connectivity index (χ0v) is 21.5. The van der Waals surface area contributed by atoms with Gasteiger partial charge in [-0.25, -0.2) is 0 Å². The van der Waals surface area contributed by atoms with Crippen molar-refractivity contribution in [3.8, 4) is 6.07 Å². The first-order valence-electron chi connectivity index (χ1n) is 11.6. The van der Waals surface area contributed by atoms with E-state index in [0.29, 0.717) is 44.3 Å². The lowest BCUT2D eigenvalue weighted by atomic mass is 9.85. The van der Waals surface area contributed by atoms with Crippen LogP contribution in [0.4, 0.5) is 13.2 Å². The van der Waals surface area contributed by atoms with E-state index >= 15 is 0 Å². The zero-order chi connectivity index (χ0) is 26.8. The summed E-state index contributed by atoms with van der Waals surface area (Å²) in [6, 6.07) is 0.408. The number of halogens is 3. The smallest absolute Gasteiger partial charge is 0.360 e. The number of hydrogen-bond donors (Lipinski definition) is 3. The van der Waals surface area contributed by atoms with Crippen molar-refractivity contribution in [3.05, 3.63) is 0 Å². The van der Waals surface area contributed by atoms with Gasteiger partial charge in [0.2, 0.25) is 18.2 Å². The van der Waals surface area contributed by atoms with Gasteiger partial charge in [-0.3, -0.25) is 14.4 Å². The second kappa shape index (κ2) is 10.7. The van der Waals surface area contributed by atoms with Crippen molar-refractivity contribution in [2.24, 2.45) is 28.6 Å². The van der Waals surface area contributed by atoms with Gasteiger partial charge in [0.15, 0.2) is 4.99 Å². The number of carbonyl (C=O) groups excluding carboxylic acids is 3. The number of hydrogen-bond acceptors (Lipinski definition) is 5. The fourth-order valence-corrected chi connectivity index (χ4v) is 4.87. The molecule has 2 aliphatic heterocycles. The highest BCUT2D eigenvalue weighted by Gasteiger charge is 2.63. The molecule has 5 unspecified atom stereocenters. The molecule has 5 atom stereocenters. The number of nitrogens with zero attached hydrogens (tertiary/aromatic N) is 2. The minimum atomic E-state index is -4.62. The van der Waals surface area contributed by atoms with Crippen LogP contribution in [0.2, 0.25) is 0 Å². The van der Waals surface area contributed by atoms with Gasteiger partial charge in [-0.05, 0) is 35.5 Å². The molecule has 3 aliphatic rings. The van der Waals surface area contributed by atoms with E-state index in [1.807, 2.05) is 6.07 Å². The number of likely N-dealkylation sites (tertiary alicyclic amines) is 1. The van der Waals surface area contributed by atoms with Crippen LogP contribution in [-0.4, -0.2) is 66.0 Å². The Morgan fingerprint density at radius 3 is 2.29 bits per heavy atom. The van der Waals surface area contributed by atoms with E-state index < -0.39 is 28.7 Å². The van der Waals surface area contributed by atoms with Gasteiger partial charge >= 0.3 is 6.18 Å². The Morgan fingerprint density at radius 1 is 1.31 bits per heavy atom. The van der Waals surface area contributed by atoms with Crippen molar-refractivity contribution in [2.45, 2.75) is 65.7 Å². The highest BCUT2D eigenvalue weighted by molar-refractivity contribution is 7.80. The minimum absolute atomic E-state index is 0.0204. The molecule has 2 heterocycles. The summed E-state index contributed by atoms with van der Waals surface area (Å²) in [6.07, 6.45) is -2.98. The van der Waals surface area contributed by atoms with Gasteiger partial charge in [0.05, 0.1) is 6.07 Å². The van der Waals surface area contributed by atoms with E-state index in [4.69, 9.17) is 5.26 Å². The molecular formula is C23H34F3N5O3S. The summed E-state index contributed by atoms with van der Waals surface area (Å²) in [5.41, 5.74) is -0.405. The van der Waals surface area contributed by atoms with Crippen LogP contribution in [0.1, 0.15) is 47.5 Å². The van der Waals surface area contributed by atoms with E-state index in [1.54, 1.807) is 25.7 Å². The van der Waals surface area contributed by atoms with Crippen LogP contribution in [-0.2, 0) is 14.4 Å². The Hall–Kier alpha value is -2.42. The maximum absolute atomic E-state index is 12.7. The summed E-state index contributed by atoms with van der Waals surface area (Å²) >= 11 is 4.39. The lowest BCUT2D eigenvalue weighted by molar-refractivity contribution is -0.135. The third-order valence-corrected chi connectivity index (χ3v) is 7.54. The molecule has 3 N–H and O–H groups in total. The first-order valence-corrected chi connectivity index (χ1v) is 12.0. The standard InChI is InChI=1S/C15H23F3N2OS.C8H11N3O2/c1-13(2,3)10(19-12(22)15(16,17)18)11(21)20-6-8-9(7-20)14(8,4)5;9-4-7(11-5-12)3-6-1-2-10-8(6)13/h8-10H,6-7H2,1-5H3,(H,19,22);5-7H,1-3H2,(H,10,13)(H,11,12).